The molecule has 0 bridgehead atoms. The Morgan fingerprint density at radius 1 is 1.44 bits per heavy atom. The minimum absolute atomic E-state index is 0.0430. The van der Waals surface area contributed by atoms with E-state index in [4.69, 9.17) is 5.84 Å². The maximum Gasteiger partial charge on any atom is 0.356 e. The molecule has 0 atom stereocenters. The van der Waals surface area contributed by atoms with Gasteiger partial charge in [0.15, 0.2) is 0 Å². The highest BCUT2D eigenvalue weighted by Crippen LogP contribution is 2.12. The van der Waals surface area contributed by atoms with E-state index in [1.54, 1.807) is 12.1 Å². The number of nitrogens with two attached hydrogens (primary N) is 1. The summed E-state index contributed by atoms with van der Waals surface area (Å²) in [6.07, 6.45) is 1.28. The van der Waals surface area contributed by atoms with Crippen molar-refractivity contribution in [2.75, 3.05) is 5.43 Å². The molecule has 2 rings (SSSR count). The van der Waals surface area contributed by atoms with Gasteiger partial charge >= 0.3 is 5.69 Å². The van der Waals surface area contributed by atoms with Crippen molar-refractivity contribution in [2.45, 2.75) is 0 Å². The Labute approximate surface area is 90.2 Å². The Kier molecular flexibility index (Phi) is 2.52. The van der Waals surface area contributed by atoms with Crippen LogP contribution >= 0.6 is 0 Å². The first-order chi connectivity index (χ1) is 7.70. The van der Waals surface area contributed by atoms with Crippen molar-refractivity contribution in [1.29, 1.82) is 0 Å². The van der Waals surface area contributed by atoms with Crippen molar-refractivity contribution in [2.24, 2.45) is 5.84 Å². The average Bonchev–Trinajstić information content (AvgIpc) is 2.28. The standard InChI is InChI=1S/C9H9N5O2/c10-13-8-11-5-14(9(16)12-8)6-2-1-3-7(15)4-6/h1-5,15H,10H2,(H,12,13,16). The predicted molar refractivity (Wildman–Crippen MR) is 57.1 cm³/mol. The fourth-order valence-corrected chi connectivity index (χ4v) is 1.22. The van der Waals surface area contributed by atoms with E-state index in [0.29, 0.717) is 5.69 Å². The van der Waals surface area contributed by atoms with Gasteiger partial charge < -0.3 is 5.11 Å². The van der Waals surface area contributed by atoms with Crippen molar-refractivity contribution in [1.82, 2.24) is 14.5 Å². The van der Waals surface area contributed by atoms with Gasteiger partial charge in [0.05, 0.1) is 5.69 Å². The molecule has 0 unspecified atom stereocenters. The number of nitrogen functional groups attached to an aromatic ring is 1. The molecular formula is C9H9N5O2. The minimum atomic E-state index is -0.534. The van der Waals surface area contributed by atoms with Crippen LogP contribution in [0.3, 0.4) is 0 Å². The topological polar surface area (TPSA) is 106 Å². The lowest BCUT2D eigenvalue weighted by molar-refractivity contribution is 0.475. The number of nitrogens with one attached hydrogen (secondary N) is 1. The summed E-state index contributed by atoms with van der Waals surface area (Å²) >= 11 is 0. The molecule has 2 aromatic rings. The SMILES string of the molecule is NNc1ncn(-c2cccc(O)c2)c(=O)n1. The number of phenols is 1. The van der Waals surface area contributed by atoms with Gasteiger partial charge in [0.2, 0.25) is 5.95 Å². The molecule has 1 aromatic carbocycles. The number of benzene rings is 1. The lowest BCUT2D eigenvalue weighted by atomic mass is 10.3. The lowest BCUT2D eigenvalue weighted by Crippen LogP contribution is -2.24. The summed E-state index contributed by atoms with van der Waals surface area (Å²) in [5, 5.41) is 9.28. The molecule has 0 fully saturated rings. The molecule has 0 radical (unpaired) electrons. The molecule has 0 saturated heterocycles. The van der Waals surface area contributed by atoms with Crippen molar-refractivity contribution < 1.29 is 5.11 Å². The number of aromatic nitrogens is 3. The van der Waals surface area contributed by atoms with Gasteiger partial charge in [-0.1, -0.05) is 6.07 Å². The molecule has 0 aliphatic heterocycles. The van der Waals surface area contributed by atoms with Crippen molar-refractivity contribution >= 4 is 5.95 Å². The van der Waals surface area contributed by atoms with Crippen LogP contribution in [0.4, 0.5) is 5.95 Å². The van der Waals surface area contributed by atoms with Gasteiger partial charge in [-0.25, -0.2) is 15.6 Å². The molecule has 82 valence electrons. The number of anilines is 1. The van der Waals surface area contributed by atoms with E-state index in [9.17, 15) is 9.90 Å². The van der Waals surface area contributed by atoms with Gasteiger partial charge in [0, 0.05) is 6.07 Å². The number of rotatable bonds is 2. The third-order valence-electron chi connectivity index (χ3n) is 1.94. The number of hydrogen-bond acceptors (Lipinski definition) is 6. The second-order valence-electron chi connectivity index (χ2n) is 3.00. The van der Waals surface area contributed by atoms with Crippen LogP contribution in [0.25, 0.3) is 5.69 Å². The Balaban J connectivity index is 2.53. The predicted octanol–water partition coefficient (Wildman–Crippen LogP) is -0.381. The summed E-state index contributed by atoms with van der Waals surface area (Å²) in [5.41, 5.74) is 2.12. The summed E-state index contributed by atoms with van der Waals surface area (Å²) in [7, 11) is 0. The fourth-order valence-electron chi connectivity index (χ4n) is 1.22. The first-order valence-corrected chi connectivity index (χ1v) is 4.42. The van der Waals surface area contributed by atoms with Gasteiger partial charge in [0.1, 0.15) is 12.1 Å². The van der Waals surface area contributed by atoms with E-state index in [-0.39, 0.29) is 11.7 Å². The Hall–Kier alpha value is -2.41. The smallest absolute Gasteiger partial charge is 0.356 e. The van der Waals surface area contributed by atoms with E-state index in [1.807, 2.05) is 0 Å². The maximum absolute atomic E-state index is 11.5. The molecule has 1 aromatic heterocycles. The van der Waals surface area contributed by atoms with Crippen molar-refractivity contribution in [3.8, 4) is 11.4 Å². The molecule has 0 aliphatic rings. The monoisotopic (exact) mass is 219 g/mol. The zero-order valence-corrected chi connectivity index (χ0v) is 8.16. The molecule has 0 saturated carbocycles. The third-order valence-corrected chi connectivity index (χ3v) is 1.94. The third kappa shape index (κ3) is 1.84. The minimum Gasteiger partial charge on any atom is -0.508 e. The van der Waals surface area contributed by atoms with Gasteiger partial charge in [-0.2, -0.15) is 4.98 Å². The molecule has 0 aliphatic carbocycles. The quantitative estimate of drug-likeness (QED) is 0.469. The van der Waals surface area contributed by atoms with Crippen molar-refractivity contribution in [3.63, 3.8) is 0 Å². The second-order valence-corrected chi connectivity index (χ2v) is 3.00. The van der Waals surface area contributed by atoms with Crippen LogP contribution in [0.1, 0.15) is 0 Å². The summed E-state index contributed by atoms with van der Waals surface area (Å²) in [6.45, 7) is 0. The highest BCUT2D eigenvalue weighted by atomic mass is 16.3. The zero-order valence-electron chi connectivity index (χ0n) is 8.16. The van der Waals surface area contributed by atoms with E-state index < -0.39 is 5.69 Å². The second kappa shape index (κ2) is 3.99. The number of hydrazine groups is 1. The van der Waals surface area contributed by atoms with Gasteiger partial charge in [0.25, 0.3) is 0 Å². The Morgan fingerprint density at radius 2 is 2.25 bits per heavy atom. The van der Waals surface area contributed by atoms with Crippen molar-refractivity contribution in [3.05, 3.63) is 41.1 Å². The number of aromatic hydroxyl groups is 1. The van der Waals surface area contributed by atoms with Crippen LogP contribution in [0.5, 0.6) is 5.75 Å². The van der Waals surface area contributed by atoms with Crippen LogP contribution in [-0.4, -0.2) is 19.6 Å². The normalized spacial score (nSPS) is 10.1. The molecule has 7 nitrogen and oxygen atoms in total. The highest BCUT2D eigenvalue weighted by Gasteiger charge is 2.03. The average molecular weight is 219 g/mol. The molecule has 0 amide bonds. The van der Waals surface area contributed by atoms with Crippen LogP contribution in [0.15, 0.2) is 35.4 Å². The van der Waals surface area contributed by atoms with Crippen LogP contribution in [0.2, 0.25) is 0 Å². The maximum atomic E-state index is 11.5. The molecule has 0 spiro atoms. The Morgan fingerprint density at radius 3 is 2.88 bits per heavy atom. The van der Waals surface area contributed by atoms with E-state index >= 15 is 0 Å². The van der Waals surface area contributed by atoms with Crippen LogP contribution in [-0.2, 0) is 0 Å². The molecular weight excluding hydrogens is 210 g/mol. The van der Waals surface area contributed by atoms with Crippen LogP contribution in [0, 0.1) is 0 Å². The van der Waals surface area contributed by atoms with Gasteiger partial charge in [-0.3, -0.25) is 9.99 Å². The molecule has 16 heavy (non-hydrogen) atoms. The lowest BCUT2D eigenvalue weighted by Gasteiger charge is -2.05. The largest absolute Gasteiger partial charge is 0.508 e. The summed E-state index contributed by atoms with van der Waals surface area (Å²) in [4.78, 5) is 18.9. The van der Waals surface area contributed by atoms with Gasteiger partial charge in [-0.15, -0.1) is 0 Å². The number of nitrogens with zero attached hydrogens (tertiary/aromatic N) is 3. The zero-order chi connectivity index (χ0) is 11.5. The Bertz CT molecular complexity index is 566. The molecule has 4 N–H and O–H groups in total. The first-order valence-electron chi connectivity index (χ1n) is 4.42. The molecule has 7 heteroatoms. The van der Waals surface area contributed by atoms with E-state index in [2.05, 4.69) is 15.4 Å². The van der Waals surface area contributed by atoms with E-state index in [0.717, 1.165) is 0 Å². The summed E-state index contributed by atoms with van der Waals surface area (Å²) in [6, 6.07) is 6.21. The van der Waals surface area contributed by atoms with Crippen LogP contribution < -0.4 is 17.0 Å². The first kappa shape index (κ1) is 10.1. The van der Waals surface area contributed by atoms with E-state index in [1.165, 1.54) is 23.0 Å². The number of hydrogen-bond donors (Lipinski definition) is 3. The fraction of sp³-hybridized carbons (Fsp3) is 0. The summed E-state index contributed by atoms with van der Waals surface area (Å²) in [5.74, 6) is 5.17. The summed E-state index contributed by atoms with van der Waals surface area (Å²) < 4.78 is 1.19. The molecule has 1 heterocycles. The highest BCUT2D eigenvalue weighted by molar-refractivity contribution is 5.38. The number of phenolic OH excluding ortho intramolecular Hbond substituents is 1. The van der Waals surface area contributed by atoms with Gasteiger partial charge in [-0.05, 0) is 12.1 Å².